The van der Waals surface area contributed by atoms with Crippen LogP contribution in [-0.4, -0.2) is 18.9 Å². The van der Waals surface area contributed by atoms with Crippen LogP contribution in [0.25, 0.3) is 0 Å². The third-order valence-corrected chi connectivity index (χ3v) is 6.18. The molecule has 20 heavy (non-hydrogen) atoms. The third-order valence-electron chi connectivity index (χ3n) is 5.44. The third kappa shape index (κ3) is 1.65. The first kappa shape index (κ1) is 13.1. The number of nitrogens with one attached hydrogen (secondary N) is 1. The average molecular weight is 310 g/mol. The molecule has 3 fully saturated rings. The Morgan fingerprint density at radius 2 is 2.05 bits per heavy atom. The fourth-order valence-corrected chi connectivity index (χ4v) is 4.39. The lowest BCUT2D eigenvalue weighted by Crippen LogP contribution is -2.43. The van der Waals surface area contributed by atoms with Gasteiger partial charge in [-0.3, -0.25) is 4.79 Å². The normalized spacial score (nSPS) is 35.5. The molecule has 0 aromatic heterocycles. The zero-order chi connectivity index (χ0) is 14.0. The van der Waals surface area contributed by atoms with Crippen LogP contribution < -0.4 is 5.32 Å². The molecule has 1 N–H and O–H groups in total. The van der Waals surface area contributed by atoms with Crippen molar-refractivity contribution < 1.29 is 4.79 Å². The van der Waals surface area contributed by atoms with Gasteiger partial charge in [0.25, 0.3) is 0 Å². The summed E-state index contributed by atoms with van der Waals surface area (Å²) < 4.78 is 0. The molecule has 4 rings (SSSR count). The predicted octanol–water partition coefficient (Wildman–Crippen LogP) is 3.59. The first-order chi connectivity index (χ1) is 9.59. The second-order valence-corrected chi connectivity index (χ2v) is 7.35. The van der Waals surface area contributed by atoms with Gasteiger partial charge in [-0.25, -0.2) is 0 Å². The fraction of sp³-hybridized carbons (Fsp3) is 0.562. The van der Waals surface area contributed by atoms with Gasteiger partial charge in [-0.15, -0.1) is 0 Å². The van der Waals surface area contributed by atoms with E-state index in [0.29, 0.717) is 21.7 Å². The predicted molar refractivity (Wildman–Crippen MR) is 80.4 cm³/mol. The van der Waals surface area contributed by atoms with Crippen molar-refractivity contribution >= 4 is 29.0 Å². The van der Waals surface area contributed by atoms with E-state index in [-0.39, 0.29) is 10.8 Å². The number of carbonyl (C=O) groups excluding carboxylic acids is 1. The van der Waals surface area contributed by atoms with Crippen LogP contribution in [0.2, 0.25) is 10.0 Å². The SMILES string of the molecule is O=C(C1CC1)[C@]12CNCC[C@@]1(c1ccc(Cl)c(Cl)c1)C2. The minimum absolute atomic E-state index is 0.00610. The monoisotopic (exact) mass is 309 g/mol. The lowest BCUT2D eigenvalue weighted by Gasteiger charge is -2.31. The Hall–Kier alpha value is -0.570. The number of carbonyl (C=O) groups is 1. The van der Waals surface area contributed by atoms with Gasteiger partial charge in [0.15, 0.2) is 0 Å². The Bertz CT molecular complexity index is 598. The van der Waals surface area contributed by atoms with Crippen LogP contribution in [0.15, 0.2) is 18.2 Å². The molecule has 2 saturated carbocycles. The van der Waals surface area contributed by atoms with Crippen LogP contribution in [0.3, 0.4) is 0 Å². The van der Waals surface area contributed by atoms with Crippen LogP contribution in [0, 0.1) is 11.3 Å². The summed E-state index contributed by atoms with van der Waals surface area (Å²) in [6.07, 6.45) is 4.15. The van der Waals surface area contributed by atoms with E-state index in [2.05, 4.69) is 11.4 Å². The van der Waals surface area contributed by atoms with E-state index in [0.717, 1.165) is 38.8 Å². The minimum atomic E-state index is -0.177. The Balaban J connectivity index is 1.75. The Morgan fingerprint density at radius 3 is 2.75 bits per heavy atom. The van der Waals surface area contributed by atoms with E-state index in [4.69, 9.17) is 23.2 Å². The molecule has 0 unspecified atom stereocenters. The number of halogens is 2. The van der Waals surface area contributed by atoms with E-state index >= 15 is 0 Å². The van der Waals surface area contributed by atoms with Crippen molar-refractivity contribution in [1.29, 1.82) is 0 Å². The Labute approximate surface area is 128 Å². The second kappa shape index (κ2) is 4.22. The second-order valence-electron chi connectivity index (χ2n) is 6.54. The van der Waals surface area contributed by atoms with Crippen molar-refractivity contribution in [3.8, 4) is 0 Å². The van der Waals surface area contributed by atoms with Gasteiger partial charge in [0.1, 0.15) is 5.78 Å². The van der Waals surface area contributed by atoms with E-state index in [1.165, 1.54) is 5.56 Å². The first-order valence-corrected chi connectivity index (χ1v) is 8.05. The van der Waals surface area contributed by atoms with E-state index in [1.807, 2.05) is 12.1 Å². The number of ketones is 1. The first-order valence-electron chi connectivity index (χ1n) is 7.30. The molecule has 2 aliphatic carbocycles. The number of piperidine rings is 1. The van der Waals surface area contributed by atoms with Crippen LogP contribution in [0.1, 0.15) is 31.2 Å². The average Bonchev–Trinajstić information content (AvgIpc) is 3.34. The smallest absolute Gasteiger partial charge is 0.144 e. The highest BCUT2D eigenvalue weighted by Gasteiger charge is 2.73. The van der Waals surface area contributed by atoms with Crippen molar-refractivity contribution in [3.63, 3.8) is 0 Å². The fourth-order valence-electron chi connectivity index (χ4n) is 4.10. The minimum Gasteiger partial charge on any atom is -0.316 e. The van der Waals surface area contributed by atoms with Gasteiger partial charge in [0.05, 0.1) is 15.5 Å². The molecule has 2 atom stereocenters. The van der Waals surface area contributed by atoms with Crippen molar-refractivity contribution in [1.82, 2.24) is 5.32 Å². The van der Waals surface area contributed by atoms with Crippen molar-refractivity contribution in [3.05, 3.63) is 33.8 Å². The molecular weight excluding hydrogens is 293 g/mol. The molecule has 0 spiro atoms. The number of hydrogen-bond acceptors (Lipinski definition) is 2. The van der Waals surface area contributed by atoms with Crippen molar-refractivity contribution in [2.24, 2.45) is 11.3 Å². The molecule has 1 aliphatic heterocycles. The number of hydrogen-bond donors (Lipinski definition) is 1. The number of rotatable bonds is 3. The highest BCUT2D eigenvalue weighted by atomic mass is 35.5. The van der Waals surface area contributed by atoms with Crippen LogP contribution in [0.4, 0.5) is 0 Å². The van der Waals surface area contributed by atoms with E-state index in [9.17, 15) is 4.79 Å². The lowest BCUT2D eigenvalue weighted by molar-refractivity contribution is -0.126. The highest BCUT2D eigenvalue weighted by Crippen LogP contribution is 2.70. The quantitative estimate of drug-likeness (QED) is 0.924. The highest BCUT2D eigenvalue weighted by molar-refractivity contribution is 6.42. The van der Waals surface area contributed by atoms with Crippen molar-refractivity contribution in [2.45, 2.75) is 31.1 Å². The van der Waals surface area contributed by atoms with Gasteiger partial charge in [-0.1, -0.05) is 29.3 Å². The van der Waals surface area contributed by atoms with E-state index < -0.39 is 0 Å². The number of benzene rings is 1. The standard InChI is InChI=1S/C16H17Cl2NO/c17-12-4-3-11(7-13(12)18)15-5-6-19-9-16(15,8-15)14(20)10-1-2-10/h3-4,7,10,19H,1-2,5-6,8-9H2/t15-,16-/m0/s1. The molecule has 1 aromatic carbocycles. The maximum absolute atomic E-state index is 12.8. The molecular formula is C16H17Cl2NO. The Morgan fingerprint density at radius 1 is 1.25 bits per heavy atom. The van der Waals surface area contributed by atoms with Gasteiger partial charge >= 0.3 is 0 Å². The number of Topliss-reactive ketones (excluding diaryl/α,β-unsaturated/α-hetero) is 1. The molecule has 1 saturated heterocycles. The summed E-state index contributed by atoms with van der Waals surface area (Å²) in [6, 6.07) is 5.89. The van der Waals surface area contributed by atoms with Crippen molar-refractivity contribution in [2.75, 3.05) is 13.1 Å². The maximum atomic E-state index is 12.8. The molecule has 0 radical (unpaired) electrons. The molecule has 1 heterocycles. The topological polar surface area (TPSA) is 29.1 Å². The summed E-state index contributed by atoms with van der Waals surface area (Å²) in [4.78, 5) is 12.8. The summed E-state index contributed by atoms with van der Waals surface area (Å²) >= 11 is 12.2. The molecule has 1 aromatic rings. The number of fused-ring (bicyclic) bond motifs is 1. The zero-order valence-electron chi connectivity index (χ0n) is 11.2. The van der Waals surface area contributed by atoms with Crippen LogP contribution in [-0.2, 0) is 10.2 Å². The Kier molecular flexibility index (Phi) is 2.77. The lowest BCUT2D eigenvalue weighted by atomic mass is 9.78. The molecule has 3 aliphatic rings. The van der Waals surface area contributed by atoms with Gasteiger partial charge in [-0.05, 0) is 49.9 Å². The maximum Gasteiger partial charge on any atom is 0.144 e. The molecule has 4 heteroatoms. The molecule has 0 amide bonds. The molecule has 2 nitrogen and oxygen atoms in total. The van der Waals surface area contributed by atoms with Gasteiger partial charge in [-0.2, -0.15) is 0 Å². The van der Waals surface area contributed by atoms with Gasteiger partial charge < -0.3 is 5.32 Å². The molecule has 0 bridgehead atoms. The van der Waals surface area contributed by atoms with Crippen LogP contribution >= 0.6 is 23.2 Å². The molecule has 106 valence electrons. The largest absolute Gasteiger partial charge is 0.316 e. The zero-order valence-corrected chi connectivity index (χ0v) is 12.7. The summed E-state index contributed by atoms with van der Waals surface area (Å²) in [5.41, 5.74) is 1.03. The summed E-state index contributed by atoms with van der Waals surface area (Å²) in [5.74, 6) is 0.801. The van der Waals surface area contributed by atoms with E-state index in [1.54, 1.807) is 0 Å². The van der Waals surface area contributed by atoms with Gasteiger partial charge in [0, 0.05) is 17.9 Å². The summed E-state index contributed by atoms with van der Waals surface area (Å²) in [6.45, 7) is 1.79. The summed E-state index contributed by atoms with van der Waals surface area (Å²) in [5, 5.41) is 4.60. The summed E-state index contributed by atoms with van der Waals surface area (Å²) in [7, 11) is 0. The van der Waals surface area contributed by atoms with Gasteiger partial charge in [0.2, 0.25) is 0 Å². The van der Waals surface area contributed by atoms with Crippen LogP contribution in [0.5, 0.6) is 0 Å².